The van der Waals surface area contributed by atoms with Gasteiger partial charge in [0.1, 0.15) is 17.3 Å². The molecule has 0 radical (unpaired) electrons. The molecule has 0 bridgehead atoms. The SMILES string of the molecule is Cc1cc(Nc2cc(C(F)(F)F)ccn2)nc(-c2cn(CC3=CCCCC3)nn2)c1. The summed E-state index contributed by atoms with van der Waals surface area (Å²) in [6.07, 6.45) is 5.40. The van der Waals surface area contributed by atoms with Gasteiger partial charge in [0.25, 0.3) is 0 Å². The first-order valence-corrected chi connectivity index (χ1v) is 9.74. The molecule has 0 fully saturated rings. The number of halogens is 3. The van der Waals surface area contributed by atoms with Crippen molar-refractivity contribution in [3.8, 4) is 11.4 Å². The summed E-state index contributed by atoms with van der Waals surface area (Å²) in [5.74, 6) is 0.461. The van der Waals surface area contributed by atoms with Gasteiger partial charge in [-0.3, -0.25) is 0 Å². The van der Waals surface area contributed by atoms with Crippen LogP contribution in [0.2, 0.25) is 0 Å². The fraction of sp³-hybridized carbons (Fsp3) is 0.333. The molecule has 3 aromatic rings. The largest absolute Gasteiger partial charge is 0.416 e. The quantitative estimate of drug-likeness (QED) is 0.574. The Balaban J connectivity index is 1.55. The second kappa shape index (κ2) is 8.25. The average Bonchev–Trinajstić information content (AvgIpc) is 3.16. The number of aromatic nitrogens is 5. The fourth-order valence-corrected chi connectivity index (χ4v) is 3.42. The van der Waals surface area contributed by atoms with Crippen LogP contribution in [0, 0.1) is 6.92 Å². The first-order valence-electron chi connectivity index (χ1n) is 9.74. The van der Waals surface area contributed by atoms with Crippen LogP contribution in [-0.2, 0) is 12.7 Å². The highest BCUT2D eigenvalue weighted by atomic mass is 19.4. The Morgan fingerprint density at radius 2 is 1.97 bits per heavy atom. The van der Waals surface area contributed by atoms with Crippen molar-refractivity contribution in [1.82, 2.24) is 25.0 Å². The Morgan fingerprint density at radius 1 is 1.10 bits per heavy atom. The van der Waals surface area contributed by atoms with Gasteiger partial charge in [-0.05, 0) is 62.4 Å². The van der Waals surface area contributed by atoms with Gasteiger partial charge < -0.3 is 5.32 Å². The summed E-state index contributed by atoms with van der Waals surface area (Å²) < 4.78 is 40.6. The number of rotatable bonds is 5. The van der Waals surface area contributed by atoms with E-state index in [2.05, 4.69) is 31.7 Å². The smallest absolute Gasteiger partial charge is 0.325 e. The Labute approximate surface area is 171 Å². The number of aryl methyl sites for hydroxylation is 1. The summed E-state index contributed by atoms with van der Waals surface area (Å²) >= 11 is 0. The molecule has 0 saturated carbocycles. The van der Waals surface area contributed by atoms with Gasteiger partial charge in [0, 0.05) is 6.20 Å². The van der Waals surface area contributed by atoms with Crippen LogP contribution in [0.4, 0.5) is 24.8 Å². The molecule has 0 spiro atoms. The third-order valence-corrected chi connectivity index (χ3v) is 4.86. The standard InChI is InChI=1S/C21H21F3N6/c1-14-9-17(18-13-30(29-28-18)12-15-5-3-2-4-6-15)26-20(10-14)27-19-11-16(7-8-25-19)21(22,23)24/h5,7-11,13H,2-4,6,12H2,1H3,(H,25,26,27). The summed E-state index contributed by atoms with van der Waals surface area (Å²) in [4.78, 5) is 8.45. The van der Waals surface area contributed by atoms with E-state index in [0.717, 1.165) is 36.7 Å². The van der Waals surface area contributed by atoms with Crippen molar-refractivity contribution in [1.29, 1.82) is 0 Å². The molecule has 4 rings (SSSR count). The molecule has 1 aliphatic rings. The van der Waals surface area contributed by atoms with Gasteiger partial charge in [0.05, 0.1) is 24.0 Å². The van der Waals surface area contributed by atoms with Gasteiger partial charge in [0.2, 0.25) is 0 Å². The Bertz CT molecular complexity index is 1070. The van der Waals surface area contributed by atoms with E-state index >= 15 is 0 Å². The molecule has 30 heavy (non-hydrogen) atoms. The van der Waals surface area contributed by atoms with E-state index in [1.54, 1.807) is 10.7 Å². The van der Waals surface area contributed by atoms with E-state index in [0.29, 0.717) is 23.8 Å². The maximum Gasteiger partial charge on any atom is 0.416 e. The number of hydrogen-bond acceptors (Lipinski definition) is 5. The van der Waals surface area contributed by atoms with E-state index < -0.39 is 11.7 Å². The highest BCUT2D eigenvalue weighted by molar-refractivity contribution is 5.61. The van der Waals surface area contributed by atoms with Gasteiger partial charge in [0.15, 0.2) is 0 Å². The zero-order valence-corrected chi connectivity index (χ0v) is 16.4. The lowest BCUT2D eigenvalue weighted by molar-refractivity contribution is -0.137. The number of hydrogen-bond donors (Lipinski definition) is 1. The van der Waals surface area contributed by atoms with Crippen LogP contribution in [0.5, 0.6) is 0 Å². The lowest BCUT2D eigenvalue weighted by atomic mass is 10.00. The number of nitrogens with one attached hydrogen (secondary N) is 1. The van der Waals surface area contributed by atoms with Gasteiger partial charge in [-0.15, -0.1) is 5.10 Å². The van der Waals surface area contributed by atoms with Crippen molar-refractivity contribution in [2.45, 2.75) is 45.3 Å². The Morgan fingerprint density at radius 3 is 2.73 bits per heavy atom. The molecule has 0 aromatic carbocycles. The zero-order chi connectivity index (χ0) is 21.1. The first kappa shape index (κ1) is 20.1. The topological polar surface area (TPSA) is 68.5 Å². The Hall–Kier alpha value is -3.23. The molecule has 9 heteroatoms. The summed E-state index contributed by atoms with van der Waals surface area (Å²) in [6, 6.07) is 5.49. The van der Waals surface area contributed by atoms with E-state index in [1.807, 2.05) is 19.2 Å². The predicted molar refractivity (Wildman–Crippen MR) is 107 cm³/mol. The fourth-order valence-electron chi connectivity index (χ4n) is 3.42. The van der Waals surface area contributed by atoms with E-state index in [4.69, 9.17) is 0 Å². The molecule has 6 nitrogen and oxygen atoms in total. The first-order chi connectivity index (χ1) is 14.4. The number of nitrogens with zero attached hydrogens (tertiary/aromatic N) is 5. The summed E-state index contributed by atoms with van der Waals surface area (Å²) in [6.45, 7) is 2.59. The van der Waals surface area contributed by atoms with Crippen LogP contribution in [0.3, 0.4) is 0 Å². The highest BCUT2D eigenvalue weighted by Gasteiger charge is 2.30. The Kier molecular flexibility index (Phi) is 5.52. The van der Waals surface area contributed by atoms with Gasteiger partial charge in [-0.25, -0.2) is 14.6 Å². The zero-order valence-electron chi connectivity index (χ0n) is 16.4. The van der Waals surface area contributed by atoms with Crippen LogP contribution in [0.25, 0.3) is 11.4 Å². The summed E-state index contributed by atoms with van der Waals surface area (Å²) in [5, 5.41) is 11.3. The van der Waals surface area contributed by atoms with Crippen LogP contribution < -0.4 is 5.32 Å². The molecule has 1 aliphatic carbocycles. The maximum absolute atomic E-state index is 12.9. The van der Waals surface area contributed by atoms with Crippen LogP contribution in [-0.4, -0.2) is 25.0 Å². The molecule has 0 atom stereocenters. The molecule has 0 saturated heterocycles. The van der Waals surface area contributed by atoms with E-state index in [9.17, 15) is 13.2 Å². The van der Waals surface area contributed by atoms with Gasteiger partial charge >= 0.3 is 6.18 Å². The molecule has 3 heterocycles. The van der Waals surface area contributed by atoms with Crippen molar-refractivity contribution in [2.24, 2.45) is 0 Å². The second-order valence-electron chi connectivity index (χ2n) is 7.38. The molecule has 0 amide bonds. The lowest BCUT2D eigenvalue weighted by Gasteiger charge is -2.11. The minimum atomic E-state index is -4.43. The van der Waals surface area contributed by atoms with Crippen LogP contribution in [0.15, 0.2) is 48.3 Å². The minimum absolute atomic E-state index is 0.0711. The number of allylic oxidation sites excluding steroid dienone is 2. The minimum Gasteiger partial charge on any atom is -0.325 e. The van der Waals surface area contributed by atoms with E-state index in [1.165, 1.54) is 18.4 Å². The van der Waals surface area contributed by atoms with Crippen molar-refractivity contribution >= 4 is 11.6 Å². The van der Waals surface area contributed by atoms with Crippen molar-refractivity contribution in [3.05, 3.63) is 59.4 Å². The average molecular weight is 414 g/mol. The summed E-state index contributed by atoms with van der Waals surface area (Å²) in [7, 11) is 0. The molecular weight excluding hydrogens is 393 g/mol. The molecule has 0 aliphatic heterocycles. The second-order valence-corrected chi connectivity index (χ2v) is 7.38. The van der Waals surface area contributed by atoms with Crippen molar-refractivity contribution in [2.75, 3.05) is 5.32 Å². The molecule has 156 valence electrons. The van der Waals surface area contributed by atoms with Crippen molar-refractivity contribution < 1.29 is 13.2 Å². The third-order valence-electron chi connectivity index (χ3n) is 4.86. The third kappa shape index (κ3) is 4.84. The normalized spacial score (nSPS) is 14.5. The maximum atomic E-state index is 12.9. The predicted octanol–water partition coefficient (Wildman–Crippen LogP) is 5.31. The van der Waals surface area contributed by atoms with E-state index in [-0.39, 0.29) is 5.82 Å². The monoisotopic (exact) mass is 414 g/mol. The summed E-state index contributed by atoms with van der Waals surface area (Å²) in [5.41, 5.74) is 2.67. The molecule has 3 aromatic heterocycles. The highest BCUT2D eigenvalue weighted by Crippen LogP contribution is 2.30. The number of anilines is 2. The lowest BCUT2D eigenvalue weighted by Crippen LogP contribution is -2.06. The number of pyridine rings is 2. The molecule has 1 N–H and O–H groups in total. The molecule has 0 unspecified atom stereocenters. The van der Waals surface area contributed by atoms with Gasteiger partial charge in [-0.2, -0.15) is 13.2 Å². The van der Waals surface area contributed by atoms with Crippen LogP contribution >= 0.6 is 0 Å². The van der Waals surface area contributed by atoms with Crippen molar-refractivity contribution in [3.63, 3.8) is 0 Å². The number of alkyl halides is 3. The van der Waals surface area contributed by atoms with Crippen LogP contribution in [0.1, 0.15) is 36.8 Å². The molecular formula is C21H21F3N6. The van der Waals surface area contributed by atoms with Gasteiger partial charge in [-0.1, -0.05) is 16.9 Å².